The predicted molar refractivity (Wildman–Crippen MR) is 89.0 cm³/mol. The lowest BCUT2D eigenvalue weighted by atomic mass is 10.0. The molecule has 6 nitrogen and oxygen atoms in total. The molecule has 0 aliphatic carbocycles. The Kier molecular flexibility index (Phi) is 5.54. The third kappa shape index (κ3) is 4.43. The van der Waals surface area contributed by atoms with Crippen LogP contribution >= 0.6 is 0 Å². The molecule has 2 rings (SSSR count). The summed E-state index contributed by atoms with van der Waals surface area (Å²) in [4.78, 5) is 10.7. The minimum atomic E-state index is -0.456. The summed E-state index contributed by atoms with van der Waals surface area (Å²) in [7, 11) is 1.50. The number of methoxy groups -OCH3 is 1. The monoisotopic (exact) mass is 316 g/mol. The number of nitrogens with zero attached hydrogens (tertiary/aromatic N) is 1. The first-order chi connectivity index (χ1) is 11.0. The summed E-state index contributed by atoms with van der Waals surface area (Å²) in [5.41, 5.74) is 2.49. The second-order valence-electron chi connectivity index (χ2n) is 5.35. The molecule has 0 spiro atoms. The molecule has 0 aliphatic heterocycles. The third-order valence-corrected chi connectivity index (χ3v) is 3.58. The molecule has 0 radical (unpaired) electrons. The molecule has 0 saturated heterocycles. The molecule has 0 saturated carbocycles. The van der Waals surface area contributed by atoms with Crippen LogP contribution in [-0.4, -0.2) is 29.8 Å². The van der Waals surface area contributed by atoms with Gasteiger partial charge in [-0.1, -0.05) is 29.8 Å². The van der Waals surface area contributed by atoms with Crippen molar-refractivity contribution in [3.05, 3.63) is 63.7 Å². The van der Waals surface area contributed by atoms with Gasteiger partial charge in [0.05, 0.1) is 24.7 Å². The SMILES string of the molecule is COc1ccc([N+](=O)[O-])c(NC(CO)Cc2ccc(C)cc2)c1. The summed E-state index contributed by atoms with van der Waals surface area (Å²) in [6, 6.07) is 12.1. The van der Waals surface area contributed by atoms with Gasteiger partial charge in [-0.3, -0.25) is 10.1 Å². The van der Waals surface area contributed by atoms with Gasteiger partial charge in [-0.2, -0.15) is 0 Å². The van der Waals surface area contributed by atoms with Gasteiger partial charge in [-0.05, 0) is 25.0 Å². The zero-order valence-corrected chi connectivity index (χ0v) is 13.2. The second kappa shape index (κ2) is 7.60. The topological polar surface area (TPSA) is 84.6 Å². The van der Waals surface area contributed by atoms with E-state index in [1.54, 1.807) is 6.07 Å². The van der Waals surface area contributed by atoms with E-state index in [1.165, 1.54) is 19.2 Å². The van der Waals surface area contributed by atoms with Crippen molar-refractivity contribution in [1.82, 2.24) is 0 Å². The number of hydrogen-bond acceptors (Lipinski definition) is 5. The van der Waals surface area contributed by atoms with Crippen LogP contribution in [0.15, 0.2) is 42.5 Å². The fourth-order valence-electron chi connectivity index (χ4n) is 2.31. The molecule has 0 aromatic heterocycles. The lowest BCUT2D eigenvalue weighted by Gasteiger charge is -2.18. The first-order valence-electron chi connectivity index (χ1n) is 7.29. The highest BCUT2D eigenvalue weighted by atomic mass is 16.6. The van der Waals surface area contributed by atoms with E-state index in [1.807, 2.05) is 31.2 Å². The first kappa shape index (κ1) is 16.8. The van der Waals surface area contributed by atoms with Crippen LogP contribution in [0.1, 0.15) is 11.1 Å². The summed E-state index contributed by atoms with van der Waals surface area (Å²) in [6.07, 6.45) is 0.561. The minimum absolute atomic E-state index is 0.0480. The average molecular weight is 316 g/mol. The zero-order valence-electron chi connectivity index (χ0n) is 13.2. The largest absolute Gasteiger partial charge is 0.497 e. The molecule has 0 fully saturated rings. The first-order valence-corrected chi connectivity index (χ1v) is 7.29. The van der Waals surface area contributed by atoms with Crippen molar-refractivity contribution in [3.63, 3.8) is 0 Å². The van der Waals surface area contributed by atoms with E-state index in [0.717, 1.165) is 11.1 Å². The standard InChI is InChI=1S/C17H20N2O4/c1-12-3-5-13(6-4-12)9-14(11-20)18-16-10-15(23-2)7-8-17(16)19(21)22/h3-8,10,14,18,20H,9,11H2,1-2H3. The van der Waals surface area contributed by atoms with Crippen molar-refractivity contribution in [2.45, 2.75) is 19.4 Å². The molecule has 122 valence electrons. The van der Waals surface area contributed by atoms with Gasteiger partial charge in [0.2, 0.25) is 0 Å². The Bertz CT molecular complexity index is 671. The van der Waals surface area contributed by atoms with E-state index in [0.29, 0.717) is 17.9 Å². The highest BCUT2D eigenvalue weighted by Gasteiger charge is 2.18. The van der Waals surface area contributed by atoms with Crippen molar-refractivity contribution < 1.29 is 14.8 Å². The number of nitro benzene ring substituents is 1. The number of nitrogens with one attached hydrogen (secondary N) is 1. The molecule has 0 aliphatic rings. The zero-order chi connectivity index (χ0) is 16.8. The Hall–Kier alpha value is -2.60. The number of rotatable bonds is 7. The van der Waals surface area contributed by atoms with Crippen LogP contribution in [0.3, 0.4) is 0 Å². The number of aliphatic hydroxyl groups is 1. The quantitative estimate of drug-likeness (QED) is 0.606. The Morgan fingerprint density at radius 2 is 1.96 bits per heavy atom. The Morgan fingerprint density at radius 1 is 1.26 bits per heavy atom. The maximum atomic E-state index is 11.1. The Morgan fingerprint density at radius 3 is 2.52 bits per heavy atom. The van der Waals surface area contributed by atoms with Crippen LogP contribution in [0.25, 0.3) is 0 Å². The molecule has 0 bridgehead atoms. The van der Waals surface area contributed by atoms with E-state index < -0.39 is 4.92 Å². The van der Waals surface area contributed by atoms with Gasteiger partial charge in [0, 0.05) is 12.1 Å². The van der Waals surface area contributed by atoms with Gasteiger partial charge in [-0.25, -0.2) is 0 Å². The summed E-state index contributed by atoms with van der Waals surface area (Å²) < 4.78 is 5.11. The van der Waals surface area contributed by atoms with Crippen molar-refractivity contribution in [2.24, 2.45) is 0 Å². The molecule has 1 unspecified atom stereocenters. The van der Waals surface area contributed by atoms with Crippen LogP contribution in [0.2, 0.25) is 0 Å². The average Bonchev–Trinajstić information content (AvgIpc) is 2.55. The smallest absolute Gasteiger partial charge is 0.292 e. The number of aliphatic hydroxyl groups excluding tert-OH is 1. The number of ether oxygens (including phenoxy) is 1. The highest BCUT2D eigenvalue weighted by Crippen LogP contribution is 2.29. The molecule has 2 aromatic rings. The van der Waals surface area contributed by atoms with Crippen LogP contribution in [0, 0.1) is 17.0 Å². The summed E-state index contributed by atoms with van der Waals surface area (Å²) in [5.74, 6) is 0.519. The fourth-order valence-corrected chi connectivity index (χ4v) is 2.31. The Balaban J connectivity index is 2.20. The molecule has 23 heavy (non-hydrogen) atoms. The maximum absolute atomic E-state index is 11.1. The lowest BCUT2D eigenvalue weighted by Crippen LogP contribution is -2.26. The molecule has 0 amide bonds. The third-order valence-electron chi connectivity index (χ3n) is 3.58. The van der Waals surface area contributed by atoms with Crippen LogP contribution in [0.4, 0.5) is 11.4 Å². The van der Waals surface area contributed by atoms with Crippen LogP contribution in [0.5, 0.6) is 5.75 Å². The number of nitro groups is 1. The molecule has 6 heteroatoms. The van der Waals surface area contributed by atoms with Gasteiger partial charge >= 0.3 is 0 Å². The van der Waals surface area contributed by atoms with Crippen LogP contribution < -0.4 is 10.1 Å². The predicted octanol–water partition coefficient (Wildman–Crippen LogP) is 2.93. The highest BCUT2D eigenvalue weighted by molar-refractivity contribution is 5.64. The van der Waals surface area contributed by atoms with E-state index >= 15 is 0 Å². The molecular formula is C17H20N2O4. The number of anilines is 1. The van der Waals surface area contributed by atoms with E-state index in [9.17, 15) is 15.2 Å². The molecule has 2 aromatic carbocycles. The van der Waals surface area contributed by atoms with Gasteiger partial charge in [0.15, 0.2) is 0 Å². The van der Waals surface area contributed by atoms with Gasteiger partial charge in [0.25, 0.3) is 5.69 Å². The molecule has 0 heterocycles. The van der Waals surface area contributed by atoms with E-state index in [2.05, 4.69) is 5.32 Å². The van der Waals surface area contributed by atoms with Gasteiger partial charge < -0.3 is 15.2 Å². The van der Waals surface area contributed by atoms with E-state index in [4.69, 9.17) is 4.74 Å². The van der Waals surface area contributed by atoms with E-state index in [-0.39, 0.29) is 18.3 Å². The lowest BCUT2D eigenvalue weighted by molar-refractivity contribution is -0.384. The second-order valence-corrected chi connectivity index (χ2v) is 5.35. The molecular weight excluding hydrogens is 296 g/mol. The van der Waals surface area contributed by atoms with Crippen molar-refractivity contribution >= 4 is 11.4 Å². The maximum Gasteiger partial charge on any atom is 0.292 e. The number of hydrogen-bond donors (Lipinski definition) is 2. The summed E-state index contributed by atoms with van der Waals surface area (Å²) >= 11 is 0. The van der Waals surface area contributed by atoms with Gasteiger partial charge in [-0.15, -0.1) is 0 Å². The molecule has 2 N–H and O–H groups in total. The number of benzene rings is 2. The normalized spacial score (nSPS) is 11.8. The molecule has 1 atom stereocenters. The van der Waals surface area contributed by atoms with Crippen molar-refractivity contribution in [2.75, 3.05) is 19.0 Å². The Labute approximate surface area is 134 Å². The van der Waals surface area contributed by atoms with Gasteiger partial charge in [0.1, 0.15) is 11.4 Å². The van der Waals surface area contributed by atoms with Crippen molar-refractivity contribution in [3.8, 4) is 5.75 Å². The minimum Gasteiger partial charge on any atom is -0.497 e. The fraction of sp³-hybridized carbons (Fsp3) is 0.294. The van der Waals surface area contributed by atoms with Crippen molar-refractivity contribution in [1.29, 1.82) is 0 Å². The summed E-state index contributed by atoms with van der Waals surface area (Å²) in [5, 5.41) is 23.8. The summed E-state index contributed by atoms with van der Waals surface area (Å²) in [6.45, 7) is 1.87. The van der Waals surface area contributed by atoms with Crippen LogP contribution in [-0.2, 0) is 6.42 Å². The number of aryl methyl sites for hydroxylation is 1.